The number of nitrogens with zero attached hydrogens (tertiary/aromatic N) is 1. The lowest BCUT2D eigenvalue weighted by atomic mass is 10.1. The van der Waals surface area contributed by atoms with Gasteiger partial charge in [0.1, 0.15) is 17.2 Å². The smallest absolute Gasteiger partial charge is 0.328 e. The molecular weight excluding hydrogens is 524 g/mol. The number of carbonyl (C=O) groups excluding carboxylic acids is 2. The van der Waals surface area contributed by atoms with Crippen LogP contribution in [0.1, 0.15) is 65.5 Å². The summed E-state index contributed by atoms with van der Waals surface area (Å²) < 4.78 is 10.4. The molecule has 0 radical (unpaired) electrons. The van der Waals surface area contributed by atoms with E-state index >= 15 is 0 Å². The molecule has 222 valence electrons. The molecule has 40 heavy (non-hydrogen) atoms. The molecule has 14 heteroatoms. The number of carboxylic acid groups (broad SMARTS) is 2. The van der Waals surface area contributed by atoms with Crippen molar-refractivity contribution in [2.24, 2.45) is 17.4 Å². The van der Waals surface area contributed by atoms with E-state index in [-0.39, 0.29) is 11.4 Å². The molecular formula is C26H40N6O8. The van der Waals surface area contributed by atoms with Crippen LogP contribution in [-0.4, -0.2) is 62.4 Å². The molecule has 0 saturated carbocycles. The Bertz CT molecular complexity index is 1140. The van der Waals surface area contributed by atoms with E-state index in [0.29, 0.717) is 11.1 Å². The summed E-state index contributed by atoms with van der Waals surface area (Å²) >= 11 is 0. The van der Waals surface area contributed by atoms with E-state index in [0.717, 1.165) is 5.01 Å². The Balaban J connectivity index is 3.13. The summed E-state index contributed by atoms with van der Waals surface area (Å²) in [6.45, 7) is 9.98. The Kier molecular flexibility index (Phi) is 12.0. The van der Waals surface area contributed by atoms with Gasteiger partial charge in [0.05, 0.1) is 24.2 Å². The van der Waals surface area contributed by atoms with E-state index in [1.807, 2.05) is 0 Å². The lowest BCUT2D eigenvalue weighted by Crippen LogP contribution is -2.45. The monoisotopic (exact) mass is 564 g/mol. The highest BCUT2D eigenvalue weighted by molar-refractivity contribution is 5.83. The average molecular weight is 565 g/mol. The van der Waals surface area contributed by atoms with Gasteiger partial charge in [-0.25, -0.2) is 15.4 Å². The zero-order valence-electron chi connectivity index (χ0n) is 23.6. The van der Waals surface area contributed by atoms with Crippen molar-refractivity contribution in [2.75, 3.05) is 0 Å². The number of nitrogens with one attached hydrogen (secondary N) is 2. The molecule has 10 N–H and O–H groups in total. The molecule has 1 aromatic carbocycles. The van der Waals surface area contributed by atoms with Gasteiger partial charge in [-0.2, -0.15) is 0 Å². The summed E-state index contributed by atoms with van der Waals surface area (Å²) in [4.78, 5) is 47.6. The second-order valence-corrected chi connectivity index (χ2v) is 10.8. The summed E-state index contributed by atoms with van der Waals surface area (Å²) in [5, 5.41) is 22.5. The average Bonchev–Trinajstić information content (AvgIpc) is 2.79. The predicted octanol–water partition coefficient (Wildman–Crippen LogP) is 0.841. The minimum Gasteiger partial charge on any atom is -0.480 e. The molecule has 1 rings (SSSR count). The summed E-state index contributed by atoms with van der Waals surface area (Å²) in [5.74, 6) is 7.50. The highest BCUT2D eigenvalue weighted by Crippen LogP contribution is 2.18. The molecule has 0 aliphatic rings. The topological polar surface area (TPSA) is 233 Å². The van der Waals surface area contributed by atoms with E-state index < -0.39 is 60.0 Å². The molecule has 0 fully saturated rings. The fraction of sp³-hybridized carbons (Fsp3) is 0.462. The largest absolute Gasteiger partial charge is 0.480 e. The summed E-state index contributed by atoms with van der Waals surface area (Å²) in [6.07, 6.45) is 1.51. The van der Waals surface area contributed by atoms with E-state index in [1.54, 1.807) is 65.8 Å². The molecule has 0 bridgehead atoms. The number of benzene rings is 1. The van der Waals surface area contributed by atoms with Crippen LogP contribution in [0, 0.1) is 0 Å². The van der Waals surface area contributed by atoms with Crippen LogP contribution >= 0.6 is 0 Å². The van der Waals surface area contributed by atoms with Crippen molar-refractivity contribution in [1.82, 2.24) is 15.8 Å². The van der Waals surface area contributed by atoms with Gasteiger partial charge in [-0.3, -0.25) is 15.4 Å². The number of carbonyl (C=O) groups is 4. The van der Waals surface area contributed by atoms with Crippen molar-refractivity contribution < 1.29 is 38.9 Å². The third-order valence-corrected chi connectivity index (χ3v) is 4.89. The van der Waals surface area contributed by atoms with Crippen LogP contribution in [0.15, 0.2) is 36.7 Å². The van der Waals surface area contributed by atoms with Gasteiger partial charge in [0.2, 0.25) is 0 Å². The van der Waals surface area contributed by atoms with Crippen LogP contribution in [0.4, 0.5) is 0 Å². The van der Waals surface area contributed by atoms with Crippen LogP contribution in [0.5, 0.6) is 0 Å². The number of hydrogen-bond donors (Lipinski definition) is 7. The normalized spacial score (nSPS) is 14.0. The maximum Gasteiger partial charge on any atom is 0.328 e. The number of carboxylic acids is 2. The maximum absolute atomic E-state index is 12.1. The zero-order valence-corrected chi connectivity index (χ0v) is 23.6. The van der Waals surface area contributed by atoms with Crippen molar-refractivity contribution in [3.8, 4) is 0 Å². The fourth-order valence-electron chi connectivity index (χ4n) is 3.21. The Labute approximate surface area is 233 Å². The Hall–Kier alpha value is -4.30. The van der Waals surface area contributed by atoms with E-state index in [4.69, 9.17) is 26.9 Å². The van der Waals surface area contributed by atoms with Gasteiger partial charge in [-0.15, -0.1) is 0 Å². The first-order valence-corrected chi connectivity index (χ1v) is 12.3. The van der Waals surface area contributed by atoms with Gasteiger partial charge in [0.15, 0.2) is 6.04 Å². The molecule has 0 amide bonds. The standard InChI is InChI=1S/C26H40N6O8/c1-25(2,3)39-21(33)11-18(23(35)36)30-13-19(31-28)16-9-7-8-15(10-16)17(27)14-32(29)20(24(37)38)12-22(34)40-26(4,5)6/h7-10,13-14,18,20,30-31H,11-12,27-29H2,1-6H3,(H,35,36)(H,37,38)/b17-14-,19-13-. The molecule has 2 atom stereocenters. The predicted molar refractivity (Wildman–Crippen MR) is 147 cm³/mol. The fourth-order valence-corrected chi connectivity index (χ4v) is 3.21. The quantitative estimate of drug-likeness (QED) is 0.0999. The number of ether oxygens (including phenoxy) is 2. The second-order valence-electron chi connectivity index (χ2n) is 10.8. The van der Waals surface area contributed by atoms with Gasteiger partial charge >= 0.3 is 23.9 Å². The maximum atomic E-state index is 12.1. The van der Waals surface area contributed by atoms with Gasteiger partial charge in [-0.1, -0.05) is 18.2 Å². The molecule has 14 nitrogen and oxygen atoms in total. The number of rotatable bonds is 13. The van der Waals surface area contributed by atoms with Gasteiger partial charge < -0.3 is 41.2 Å². The molecule has 0 aromatic heterocycles. The van der Waals surface area contributed by atoms with Crippen LogP contribution in [0.25, 0.3) is 11.4 Å². The van der Waals surface area contributed by atoms with Crippen molar-refractivity contribution in [3.05, 3.63) is 47.8 Å². The van der Waals surface area contributed by atoms with Crippen LogP contribution in [0.3, 0.4) is 0 Å². The minimum atomic E-state index is -1.44. The first kappa shape index (κ1) is 33.7. The molecule has 0 aliphatic carbocycles. The number of aliphatic carboxylic acids is 2. The summed E-state index contributed by atoms with van der Waals surface area (Å²) in [7, 11) is 0. The summed E-state index contributed by atoms with van der Waals surface area (Å²) in [6, 6.07) is 3.74. The second kappa shape index (κ2) is 14.2. The molecule has 0 saturated heterocycles. The lowest BCUT2D eigenvalue weighted by Gasteiger charge is -2.25. The number of hydrogen-bond acceptors (Lipinski definition) is 12. The van der Waals surface area contributed by atoms with Crippen LogP contribution in [0.2, 0.25) is 0 Å². The van der Waals surface area contributed by atoms with Gasteiger partial charge in [0, 0.05) is 18.0 Å². The first-order chi connectivity index (χ1) is 18.3. The third-order valence-electron chi connectivity index (χ3n) is 4.89. The first-order valence-electron chi connectivity index (χ1n) is 12.3. The van der Waals surface area contributed by atoms with Crippen molar-refractivity contribution in [2.45, 2.75) is 77.7 Å². The lowest BCUT2D eigenvalue weighted by molar-refractivity contribution is -0.160. The Morgan fingerprint density at radius 1 is 0.950 bits per heavy atom. The molecule has 2 unspecified atom stereocenters. The SMILES string of the molecule is CC(C)(C)OC(=O)CC(N/C=C(\NN)c1cccc(/C(N)=C/N(N)C(CC(=O)OC(C)(C)C)C(=O)O)c1)C(=O)O. The van der Waals surface area contributed by atoms with Gasteiger partial charge in [-0.05, 0) is 53.2 Å². The number of esters is 2. The Morgan fingerprint density at radius 2 is 1.48 bits per heavy atom. The van der Waals surface area contributed by atoms with Gasteiger partial charge in [0.25, 0.3) is 0 Å². The van der Waals surface area contributed by atoms with E-state index in [9.17, 15) is 29.4 Å². The summed E-state index contributed by atoms with van der Waals surface area (Å²) in [5.41, 5.74) is 8.24. The molecule has 1 aromatic rings. The van der Waals surface area contributed by atoms with E-state index in [2.05, 4.69) is 10.7 Å². The molecule has 0 spiro atoms. The zero-order chi connectivity index (χ0) is 30.8. The highest BCUT2D eigenvalue weighted by atomic mass is 16.6. The van der Waals surface area contributed by atoms with Crippen LogP contribution < -0.4 is 28.2 Å². The number of nitrogens with two attached hydrogens (primary N) is 3. The third kappa shape index (κ3) is 12.0. The van der Waals surface area contributed by atoms with Crippen LogP contribution in [-0.2, 0) is 28.7 Å². The van der Waals surface area contributed by atoms with Crippen molar-refractivity contribution >= 4 is 35.3 Å². The Morgan fingerprint density at radius 3 is 1.95 bits per heavy atom. The highest BCUT2D eigenvalue weighted by Gasteiger charge is 2.28. The number of hydrazine groups is 2. The minimum absolute atomic E-state index is 0.0671. The van der Waals surface area contributed by atoms with Crippen molar-refractivity contribution in [3.63, 3.8) is 0 Å². The molecule has 0 aliphatic heterocycles. The van der Waals surface area contributed by atoms with Crippen molar-refractivity contribution in [1.29, 1.82) is 0 Å². The van der Waals surface area contributed by atoms with E-state index in [1.165, 1.54) is 12.4 Å². The molecule has 0 heterocycles.